The Bertz CT molecular complexity index is 398. The number of benzene rings is 1. The van der Waals surface area contributed by atoms with Crippen molar-refractivity contribution in [3.05, 3.63) is 26.7 Å². The van der Waals surface area contributed by atoms with Crippen molar-refractivity contribution in [2.24, 2.45) is 0 Å². The topological polar surface area (TPSA) is 30.5 Å². The molecule has 0 amide bonds. The molecule has 19 heavy (non-hydrogen) atoms. The third kappa shape index (κ3) is 5.48. The molecule has 1 N–H and O–H groups in total. The minimum Gasteiger partial charge on any atom is -0.384 e. The van der Waals surface area contributed by atoms with E-state index in [-0.39, 0.29) is 6.29 Å². The zero-order valence-corrected chi connectivity index (χ0v) is 14.1. The van der Waals surface area contributed by atoms with Gasteiger partial charge in [0, 0.05) is 30.7 Å². The van der Waals surface area contributed by atoms with Gasteiger partial charge in [0.25, 0.3) is 0 Å². The van der Waals surface area contributed by atoms with Crippen molar-refractivity contribution in [3.8, 4) is 0 Å². The Hall–Kier alpha value is -0.0000000000000000763. The van der Waals surface area contributed by atoms with Crippen LogP contribution in [0.15, 0.2) is 16.6 Å². The van der Waals surface area contributed by atoms with Gasteiger partial charge in [0.15, 0.2) is 6.29 Å². The Balaban J connectivity index is 2.50. The Morgan fingerprint density at radius 2 is 1.79 bits per heavy atom. The highest BCUT2D eigenvalue weighted by atomic mass is 79.9. The second kappa shape index (κ2) is 9.03. The highest BCUT2D eigenvalue weighted by molar-refractivity contribution is 9.10. The van der Waals surface area contributed by atoms with Crippen LogP contribution in [0.25, 0.3) is 0 Å². The van der Waals surface area contributed by atoms with Gasteiger partial charge in [0.2, 0.25) is 0 Å². The van der Waals surface area contributed by atoms with Crippen molar-refractivity contribution in [3.63, 3.8) is 0 Å². The molecule has 0 aliphatic carbocycles. The number of anilines is 1. The highest BCUT2D eigenvalue weighted by Crippen LogP contribution is 2.35. The van der Waals surface area contributed by atoms with E-state index in [1.54, 1.807) is 0 Å². The molecule has 0 aliphatic heterocycles. The summed E-state index contributed by atoms with van der Waals surface area (Å²) in [7, 11) is 0. The molecule has 0 atom stereocenters. The van der Waals surface area contributed by atoms with Crippen LogP contribution in [-0.4, -0.2) is 26.0 Å². The summed E-state index contributed by atoms with van der Waals surface area (Å²) < 4.78 is 11.7. The molecule has 1 rings (SSSR count). The Kier molecular flexibility index (Phi) is 8.11. The molecule has 108 valence electrons. The molecule has 0 unspecified atom stereocenters. The zero-order chi connectivity index (χ0) is 14.3. The molecule has 6 heteroatoms. The van der Waals surface area contributed by atoms with Crippen LogP contribution in [0.2, 0.25) is 10.0 Å². The molecule has 1 aromatic carbocycles. The largest absolute Gasteiger partial charge is 0.384 e. The van der Waals surface area contributed by atoms with Crippen LogP contribution in [0.1, 0.15) is 20.3 Å². The minimum absolute atomic E-state index is 0.188. The van der Waals surface area contributed by atoms with Crippen molar-refractivity contribution in [2.75, 3.05) is 25.1 Å². The van der Waals surface area contributed by atoms with Crippen LogP contribution in [0.5, 0.6) is 0 Å². The summed E-state index contributed by atoms with van der Waals surface area (Å²) in [6, 6.07) is 3.74. The standard InChI is InChI=1S/C13H18BrCl2NO2/c1-3-18-11(19-4-2)7-8-17-10-6-5-9(14)12(15)13(10)16/h5-6,11,17H,3-4,7-8H2,1-2H3. The fraction of sp³-hybridized carbons (Fsp3) is 0.538. The van der Waals surface area contributed by atoms with E-state index < -0.39 is 0 Å². The van der Waals surface area contributed by atoms with Crippen LogP contribution in [0.4, 0.5) is 5.69 Å². The molecule has 0 radical (unpaired) electrons. The first kappa shape index (κ1) is 17.1. The Morgan fingerprint density at radius 3 is 2.37 bits per heavy atom. The molecular weight excluding hydrogens is 353 g/mol. The third-order valence-electron chi connectivity index (χ3n) is 2.44. The maximum absolute atomic E-state index is 6.15. The van der Waals surface area contributed by atoms with E-state index in [4.69, 9.17) is 32.7 Å². The first-order valence-electron chi connectivity index (χ1n) is 6.20. The molecule has 0 aliphatic rings. The van der Waals surface area contributed by atoms with Crippen molar-refractivity contribution < 1.29 is 9.47 Å². The smallest absolute Gasteiger partial charge is 0.159 e. The summed E-state index contributed by atoms with van der Waals surface area (Å²) in [5.41, 5.74) is 0.807. The van der Waals surface area contributed by atoms with Crippen LogP contribution in [0, 0.1) is 0 Å². The number of ether oxygens (including phenoxy) is 2. The van der Waals surface area contributed by atoms with Gasteiger partial charge in [-0.1, -0.05) is 23.2 Å². The van der Waals surface area contributed by atoms with E-state index in [1.807, 2.05) is 26.0 Å². The third-order valence-corrected chi connectivity index (χ3v) is 4.21. The van der Waals surface area contributed by atoms with Gasteiger partial charge in [-0.05, 0) is 41.9 Å². The van der Waals surface area contributed by atoms with E-state index in [9.17, 15) is 0 Å². The van der Waals surface area contributed by atoms with Crippen molar-refractivity contribution in [1.82, 2.24) is 0 Å². The summed E-state index contributed by atoms with van der Waals surface area (Å²) in [6.07, 6.45) is 0.554. The molecule has 0 fully saturated rings. The quantitative estimate of drug-likeness (QED) is 0.518. The van der Waals surface area contributed by atoms with Gasteiger partial charge in [0.1, 0.15) is 0 Å². The van der Waals surface area contributed by atoms with Crippen LogP contribution in [-0.2, 0) is 9.47 Å². The maximum Gasteiger partial charge on any atom is 0.159 e. The Labute approximate surface area is 132 Å². The lowest BCUT2D eigenvalue weighted by atomic mass is 10.3. The summed E-state index contributed by atoms with van der Waals surface area (Å²) in [4.78, 5) is 0. The lowest BCUT2D eigenvalue weighted by molar-refractivity contribution is -0.137. The highest BCUT2D eigenvalue weighted by Gasteiger charge is 2.10. The van der Waals surface area contributed by atoms with Gasteiger partial charge in [-0.15, -0.1) is 0 Å². The molecule has 3 nitrogen and oxygen atoms in total. The van der Waals surface area contributed by atoms with Gasteiger partial charge in [-0.2, -0.15) is 0 Å². The first-order chi connectivity index (χ1) is 9.10. The average molecular weight is 371 g/mol. The molecule has 0 heterocycles. The van der Waals surface area contributed by atoms with Gasteiger partial charge >= 0.3 is 0 Å². The number of rotatable bonds is 8. The van der Waals surface area contributed by atoms with Crippen LogP contribution >= 0.6 is 39.1 Å². The second-order valence-electron chi connectivity index (χ2n) is 3.78. The average Bonchev–Trinajstić information content (AvgIpc) is 2.39. The van der Waals surface area contributed by atoms with Crippen molar-refractivity contribution >= 4 is 44.8 Å². The van der Waals surface area contributed by atoms with E-state index in [0.717, 1.165) is 16.6 Å². The summed E-state index contributed by atoms with van der Waals surface area (Å²) in [5, 5.41) is 4.26. The molecular formula is C13H18BrCl2NO2. The zero-order valence-electron chi connectivity index (χ0n) is 11.0. The molecule has 0 spiro atoms. The van der Waals surface area contributed by atoms with E-state index >= 15 is 0 Å². The predicted molar refractivity (Wildman–Crippen MR) is 84.3 cm³/mol. The van der Waals surface area contributed by atoms with Crippen LogP contribution in [0.3, 0.4) is 0 Å². The van der Waals surface area contributed by atoms with Gasteiger partial charge in [-0.25, -0.2) is 0 Å². The molecule has 0 saturated heterocycles. The fourth-order valence-electron chi connectivity index (χ4n) is 1.57. The van der Waals surface area contributed by atoms with Gasteiger partial charge < -0.3 is 14.8 Å². The SMILES string of the molecule is CCOC(CCNc1ccc(Br)c(Cl)c1Cl)OCC. The second-order valence-corrected chi connectivity index (χ2v) is 5.39. The number of nitrogens with one attached hydrogen (secondary N) is 1. The normalized spacial score (nSPS) is 11.1. The Morgan fingerprint density at radius 1 is 1.16 bits per heavy atom. The van der Waals surface area contributed by atoms with E-state index in [1.165, 1.54) is 0 Å². The number of hydrogen-bond acceptors (Lipinski definition) is 3. The van der Waals surface area contributed by atoms with Gasteiger partial charge in [-0.3, -0.25) is 0 Å². The number of hydrogen-bond donors (Lipinski definition) is 1. The van der Waals surface area contributed by atoms with Crippen molar-refractivity contribution in [1.29, 1.82) is 0 Å². The van der Waals surface area contributed by atoms with Gasteiger partial charge in [0.05, 0.1) is 15.7 Å². The molecule has 0 aromatic heterocycles. The van der Waals surface area contributed by atoms with Crippen LogP contribution < -0.4 is 5.32 Å². The molecule has 0 saturated carbocycles. The predicted octanol–water partition coefficient (Wildman–Crippen LogP) is 4.96. The maximum atomic E-state index is 6.15. The summed E-state index contributed by atoms with van der Waals surface area (Å²) in [5.74, 6) is 0. The van der Waals surface area contributed by atoms with Crippen molar-refractivity contribution in [2.45, 2.75) is 26.6 Å². The molecule has 0 bridgehead atoms. The fourth-order valence-corrected chi connectivity index (χ4v) is 2.41. The molecule has 1 aromatic rings. The van der Waals surface area contributed by atoms with E-state index in [0.29, 0.717) is 29.8 Å². The lowest BCUT2D eigenvalue weighted by Crippen LogP contribution is -2.21. The summed E-state index contributed by atoms with van der Waals surface area (Å²) in [6.45, 7) is 5.86. The number of halogens is 3. The van der Waals surface area contributed by atoms with E-state index in [2.05, 4.69) is 21.2 Å². The first-order valence-corrected chi connectivity index (χ1v) is 7.75. The summed E-state index contributed by atoms with van der Waals surface area (Å²) >= 11 is 15.5. The monoisotopic (exact) mass is 369 g/mol. The lowest BCUT2D eigenvalue weighted by Gasteiger charge is -2.18. The minimum atomic E-state index is -0.188.